The molecule has 4 aromatic rings. The van der Waals surface area contributed by atoms with Gasteiger partial charge in [0.25, 0.3) is 0 Å². The highest BCUT2D eigenvalue weighted by Crippen LogP contribution is 2.41. The summed E-state index contributed by atoms with van der Waals surface area (Å²) in [6.45, 7) is 23.7. The van der Waals surface area contributed by atoms with Crippen molar-refractivity contribution in [2.24, 2.45) is 0 Å². The normalized spacial score (nSPS) is 17.3. The lowest BCUT2D eigenvalue weighted by molar-refractivity contribution is 0.0941. The summed E-state index contributed by atoms with van der Waals surface area (Å²) in [7, 11) is -2.69. The first-order valence-corrected chi connectivity index (χ1v) is 26.6. The van der Waals surface area contributed by atoms with E-state index < -0.39 is 22.2 Å². The zero-order chi connectivity index (χ0) is 38.6. The van der Waals surface area contributed by atoms with Crippen molar-refractivity contribution in [1.82, 2.24) is 24.5 Å². The number of ether oxygens (including phenoxy) is 3. The SMILES string of the molecule is C=C(OCC)c1c(N2CC3CCC(C2)N3C(=O)O)nc2c(-c3ccc(-c4ccccc4)nc3)cnn2c1N(COCC[Si](C)(C)C)COCC[Si](C)(C)C. The predicted octanol–water partition coefficient (Wildman–Crippen LogP) is 8.23. The molecule has 14 heteroatoms. The number of amides is 1. The van der Waals surface area contributed by atoms with Crippen molar-refractivity contribution in [2.45, 2.75) is 83.2 Å². The highest BCUT2D eigenvalue weighted by atomic mass is 28.3. The van der Waals surface area contributed by atoms with Gasteiger partial charge in [-0.25, -0.2) is 9.78 Å². The molecular weight excluding hydrogens is 715 g/mol. The third kappa shape index (κ3) is 9.16. The fraction of sp³-hybridized carbons (Fsp3) is 0.500. The molecule has 0 spiro atoms. The first-order valence-electron chi connectivity index (χ1n) is 19.2. The molecule has 0 saturated carbocycles. The Morgan fingerprint density at radius 2 is 1.54 bits per heavy atom. The second-order valence-corrected chi connectivity index (χ2v) is 28.0. The monoisotopic (exact) mass is 771 g/mol. The van der Waals surface area contributed by atoms with Gasteiger partial charge in [-0.05, 0) is 37.9 Å². The van der Waals surface area contributed by atoms with E-state index in [9.17, 15) is 9.90 Å². The van der Waals surface area contributed by atoms with Crippen molar-refractivity contribution < 1.29 is 24.1 Å². The Labute approximate surface area is 321 Å². The third-order valence-corrected chi connectivity index (χ3v) is 13.5. The summed E-state index contributed by atoms with van der Waals surface area (Å²) in [4.78, 5) is 28.4. The Morgan fingerprint density at radius 3 is 2.07 bits per heavy atom. The lowest BCUT2D eigenvalue weighted by Crippen LogP contribution is -2.56. The molecular formula is C40H57N7O5Si2. The Balaban J connectivity index is 1.50. The summed E-state index contributed by atoms with van der Waals surface area (Å²) in [5, 5.41) is 15.1. The van der Waals surface area contributed by atoms with Crippen LogP contribution in [0.5, 0.6) is 0 Å². The number of pyridine rings is 1. The van der Waals surface area contributed by atoms with E-state index in [-0.39, 0.29) is 25.5 Å². The number of piperazine rings is 1. The maximum absolute atomic E-state index is 12.3. The fourth-order valence-electron chi connectivity index (χ4n) is 7.17. The molecule has 1 amide bonds. The minimum absolute atomic E-state index is 0.138. The van der Waals surface area contributed by atoms with Gasteiger partial charge in [-0.1, -0.05) is 82.3 Å². The van der Waals surface area contributed by atoms with Gasteiger partial charge in [-0.2, -0.15) is 9.61 Å². The summed E-state index contributed by atoms with van der Waals surface area (Å²) in [6, 6.07) is 16.0. The summed E-state index contributed by atoms with van der Waals surface area (Å²) in [6.07, 6.45) is 4.46. The maximum Gasteiger partial charge on any atom is 0.407 e. The second kappa shape index (κ2) is 16.6. The van der Waals surface area contributed by atoms with Crippen LogP contribution in [0.25, 0.3) is 33.8 Å². The van der Waals surface area contributed by atoms with Crippen molar-refractivity contribution in [3.8, 4) is 22.4 Å². The smallest absolute Gasteiger partial charge is 0.407 e. The van der Waals surface area contributed by atoms with Crippen LogP contribution in [-0.2, 0) is 14.2 Å². The molecule has 2 fully saturated rings. The number of fused-ring (bicyclic) bond motifs is 3. The number of rotatable bonds is 17. The molecule has 2 aliphatic heterocycles. The van der Waals surface area contributed by atoms with Crippen molar-refractivity contribution in [3.63, 3.8) is 0 Å². The van der Waals surface area contributed by atoms with Crippen molar-refractivity contribution >= 4 is 45.3 Å². The Hall–Kier alpha value is -4.25. The van der Waals surface area contributed by atoms with E-state index in [1.165, 1.54) is 0 Å². The second-order valence-electron chi connectivity index (χ2n) is 16.8. The van der Waals surface area contributed by atoms with Gasteiger partial charge in [0, 0.05) is 65.3 Å². The molecule has 2 saturated heterocycles. The van der Waals surface area contributed by atoms with Gasteiger partial charge in [0.1, 0.15) is 30.6 Å². The molecule has 2 atom stereocenters. The van der Waals surface area contributed by atoms with E-state index in [0.717, 1.165) is 47.3 Å². The molecule has 2 aliphatic rings. The van der Waals surface area contributed by atoms with Crippen LogP contribution in [0.1, 0.15) is 25.3 Å². The number of hydrogen-bond acceptors (Lipinski definition) is 9. The van der Waals surface area contributed by atoms with Gasteiger partial charge in [0.15, 0.2) is 11.5 Å². The van der Waals surface area contributed by atoms with Crippen LogP contribution in [0.4, 0.5) is 16.4 Å². The van der Waals surface area contributed by atoms with Gasteiger partial charge in [0.2, 0.25) is 0 Å². The van der Waals surface area contributed by atoms with Crippen molar-refractivity contribution in [3.05, 3.63) is 67.0 Å². The zero-order valence-corrected chi connectivity index (χ0v) is 35.0. The van der Waals surface area contributed by atoms with E-state index in [4.69, 9.17) is 29.3 Å². The average molecular weight is 772 g/mol. The largest absolute Gasteiger partial charge is 0.494 e. The fourth-order valence-corrected chi connectivity index (χ4v) is 8.69. The number of hydrogen-bond donors (Lipinski definition) is 1. The van der Waals surface area contributed by atoms with E-state index in [0.29, 0.717) is 61.5 Å². The van der Waals surface area contributed by atoms with Gasteiger partial charge in [-0.15, -0.1) is 0 Å². The minimum Gasteiger partial charge on any atom is -0.494 e. The number of carboxylic acid groups (broad SMARTS) is 1. The first kappa shape index (κ1) is 39.4. The van der Waals surface area contributed by atoms with Gasteiger partial charge >= 0.3 is 6.09 Å². The van der Waals surface area contributed by atoms with Crippen molar-refractivity contribution in [1.29, 1.82) is 0 Å². The molecule has 54 heavy (non-hydrogen) atoms. The van der Waals surface area contributed by atoms with E-state index in [1.807, 2.05) is 60.2 Å². The molecule has 290 valence electrons. The standard InChI is InChI=1S/C40H57N7O5Si2/c1-9-52-29(2)36-38(44-25-32-16-17-33(26-44)46(32)40(48)49)43-37-34(31-15-18-35(41-23-31)30-13-11-10-12-14-30)24-42-47(37)39(36)45(27-50-19-21-53(3,4)5)28-51-20-22-54(6,7)8/h10-15,18,23-24,32-33H,2,9,16-17,19-22,25-28H2,1,3-8H3,(H,48,49). The molecule has 0 radical (unpaired) electrons. The summed E-state index contributed by atoms with van der Waals surface area (Å²) in [5.74, 6) is 1.86. The maximum atomic E-state index is 12.3. The van der Waals surface area contributed by atoms with Crippen LogP contribution in [0.3, 0.4) is 0 Å². The highest BCUT2D eigenvalue weighted by molar-refractivity contribution is 6.76. The zero-order valence-electron chi connectivity index (χ0n) is 33.0. The molecule has 12 nitrogen and oxygen atoms in total. The third-order valence-electron chi connectivity index (χ3n) is 10.1. The van der Waals surface area contributed by atoms with E-state index >= 15 is 0 Å². The summed E-state index contributed by atoms with van der Waals surface area (Å²) in [5.41, 5.74) is 4.96. The molecule has 1 N–H and O–H groups in total. The quantitative estimate of drug-likeness (QED) is 0.0487. The van der Waals surface area contributed by atoms with Crippen LogP contribution in [-0.4, -0.2) is 110 Å². The molecule has 6 rings (SSSR count). The van der Waals surface area contributed by atoms with E-state index in [2.05, 4.69) is 61.7 Å². The molecule has 2 unspecified atom stereocenters. The van der Waals surface area contributed by atoms with Crippen LogP contribution in [0.15, 0.2) is 61.4 Å². The number of carbonyl (C=O) groups is 1. The number of aromatic nitrogens is 4. The molecule has 5 heterocycles. The number of benzene rings is 1. The average Bonchev–Trinajstić information content (AvgIpc) is 3.67. The molecule has 3 aromatic heterocycles. The first-order chi connectivity index (χ1) is 25.7. The Bertz CT molecular complexity index is 1870. The van der Waals surface area contributed by atoms with Crippen molar-refractivity contribution in [2.75, 3.05) is 56.2 Å². The number of nitrogens with zero attached hydrogens (tertiary/aromatic N) is 7. The van der Waals surface area contributed by atoms with Gasteiger partial charge in [0.05, 0.1) is 30.6 Å². The molecule has 2 bridgehead atoms. The van der Waals surface area contributed by atoms with E-state index in [1.54, 1.807) is 4.90 Å². The Kier molecular flexibility index (Phi) is 12.2. The summed E-state index contributed by atoms with van der Waals surface area (Å²) >= 11 is 0. The van der Waals surface area contributed by atoms with Gasteiger partial charge < -0.3 is 29.1 Å². The van der Waals surface area contributed by atoms with Crippen LogP contribution in [0, 0.1) is 0 Å². The number of anilines is 2. The Morgan fingerprint density at radius 1 is 0.907 bits per heavy atom. The lowest BCUT2D eigenvalue weighted by Gasteiger charge is -2.41. The van der Waals surface area contributed by atoms with Crippen LogP contribution < -0.4 is 9.80 Å². The lowest BCUT2D eigenvalue weighted by atomic mass is 10.1. The summed E-state index contributed by atoms with van der Waals surface area (Å²) < 4.78 is 20.9. The highest BCUT2D eigenvalue weighted by Gasteiger charge is 2.44. The van der Waals surface area contributed by atoms with Gasteiger partial charge in [-0.3, -0.25) is 9.88 Å². The van der Waals surface area contributed by atoms with Crippen LogP contribution >= 0.6 is 0 Å². The topological polar surface area (TPSA) is 118 Å². The van der Waals surface area contributed by atoms with Crippen LogP contribution in [0.2, 0.25) is 51.4 Å². The minimum atomic E-state index is -1.35. The molecule has 0 aliphatic carbocycles. The predicted molar refractivity (Wildman–Crippen MR) is 222 cm³/mol. The molecule has 1 aromatic carbocycles.